The van der Waals surface area contributed by atoms with E-state index in [0.29, 0.717) is 43.8 Å². The SMILES string of the molecule is CC(CCC(=O)O)C1CCC2C3C(C[C@H](O)[C@]12C)[C@@]1(C)CCC(=O)C[C@H]1C[C@H]3O. The zero-order valence-corrected chi connectivity index (χ0v) is 18.1. The number of fused-ring (bicyclic) bond motifs is 5. The van der Waals surface area contributed by atoms with Gasteiger partial charge in [-0.25, -0.2) is 0 Å². The first-order chi connectivity index (χ1) is 13.6. The van der Waals surface area contributed by atoms with Gasteiger partial charge in [-0.15, -0.1) is 0 Å². The number of carboxylic acid groups (broad SMARTS) is 1. The van der Waals surface area contributed by atoms with Crippen LogP contribution in [0.4, 0.5) is 0 Å². The molecule has 4 saturated carbocycles. The fourth-order valence-electron chi connectivity index (χ4n) is 8.50. The van der Waals surface area contributed by atoms with Gasteiger partial charge >= 0.3 is 5.97 Å². The molecule has 29 heavy (non-hydrogen) atoms. The van der Waals surface area contributed by atoms with Gasteiger partial charge in [0, 0.05) is 19.3 Å². The summed E-state index contributed by atoms with van der Waals surface area (Å²) in [6.07, 6.45) is 5.56. The van der Waals surface area contributed by atoms with Crippen molar-refractivity contribution in [3.8, 4) is 0 Å². The van der Waals surface area contributed by atoms with Crippen LogP contribution in [0.25, 0.3) is 0 Å². The molecule has 5 heteroatoms. The predicted molar refractivity (Wildman–Crippen MR) is 109 cm³/mol. The Kier molecular flexibility index (Phi) is 5.39. The molecule has 0 aromatic carbocycles. The number of carbonyl (C=O) groups is 2. The van der Waals surface area contributed by atoms with Gasteiger partial charge < -0.3 is 15.3 Å². The lowest BCUT2D eigenvalue weighted by Gasteiger charge is -2.63. The molecule has 4 fully saturated rings. The van der Waals surface area contributed by atoms with Gasteiger partial charge in [0.05, 0.1) is 12.2 Å². The summed E-state index contributed by atoms with van der Waals surface area (Å²) in [6, 6.07) is 0. The van der Waals surface area contributed by atoms with E-state index in [0.717, 1.165) is 19.3 Å². The first kappa shape index (κ1) is 21.3. The second kappa shape index (κ2) is 7.33. The third kappa shape index (κ3) is 3.18. The molecule has 5 nitrogen and oxygen atoms in total. The zero-order valence-electron chi connectivity index (χ0n) is 18.1. The van der Waals surface area contributed by atoms with Crippen molar-refractivity contribution in [2.75, 3.05) is 0 Å². The Morgan fingerprint density at radius 3 is 2.59 bits per heavy atom. The second-order valence-corrected chi connectivity index (χ2v) is 11.2. The standard InChI is InChI=1S/C24H38O5/c1-13(4-7-21(28)29)16-5-6-17-22-18(12-20(27)24(16,17)3)23(2)9-8-15(25)10-14(23)11-19(22)26/h13-14,16-20,22,26-27H,4-12H2,1-3H3,(H,28,29)/t13?,14-,16?,17?,18?,19+,20-,22?,23-,24+/m0/s1. The van der Waals surface area contributed by atoms with Crippen molar-refractivity contribution in [2.45, 2.75) is 90.8 Å². The maximum atomic E-state index is 12.1. The van der Waals surface area contributed by atoms with E-state index in [9.17, 15) is 19.8 Å². The molecule has 0 radical (unpaired) electrons. The van der Waals surface area contributed by atoms with Gasteiger partial charge in [0.15, 0.2) is 0 Å². The number of carboxylic acids is 1. The number of carbonyl (C=O) groups excluding carboxylic acids is 1. The summed E-state index contributed by atoms with van der Waals surface area (Å²) in [5.41, 5.74) is -0.221. The number of Topliss-reactive ketones (excluding diaryl/α,β-unsaturated/α-hetero) is 1. The van der Waals surface area contributed by atoms with E-state index >= 15 is 0 Å². The van der Waals surface area contributed by atoms with Crippen molar-refractivity contribution >= 4 is 11.8 Å². The molecule has 0 aromatic heterocycles. The molecule has 0 aromatic rings. The Morgan fingerprint density at radius 1 is 1.17 bits per heavy atom. The Morgan fingerprint density at radius 2 is 1.90 bits per heavy atom. The molecule has 0 aliphatic heterocycles. The summed E-state index contributed by atoms with van der Waals surface area (Å²) in [4.78, 5) is 23.1. The van der Waals surface area contributed by atoms with Gasteiger partial charge in [0.2, 0.25) is 0 Å². The minimum atomic E-state index is -0.755. The van der Waals surface area contributed by atoms with E-state index in [4.69, 9.17) is 5.11 Å². The van der Waals surface area contributed by atoms with E-state index in [2.05, 4.69) is 20.8 Å². The molecule has 4 aliphatic rings. The quantitative estimate of drug-likeness (QED) is 0.662. The monoisotopic (exact) mass is 406 g/mol. The summed E-state index contributed by atoms with van der Waals surface area (Å²) < 4.78 is 0. The van der Waals surface area contributed by atoms with E-state index in [1.54, 1.807) is 0 Å². The van der Waals surface area contributed by atoms with Gasteiger partial charge in [-0.2, -0.15) is 0 Å². The molecular weight excluding hydrogens is 368 g/mol. The van der Waals surface area contributed by atoms with E-state index in [-0.39, 0.29) is 46.8 Å². The van der Waals surface area contributed by atoms with Crippen LogP contribution in [0.3, 0.4) is 0 Å². The number of hydrogen-bond acceptors (Lipinski definition) is 4. The number of ketones is 1. The molecule has 0 spiro atoms. The summed E-state index contributed by atoms with van der Waals surface area (Å²) in [7, 11) is 0. The number of rotatable bonds is 4. The average molecular weight is 407 g/mol. The highest BCUT2D eigenvalue weighted by Gasteiger charge is 2.65. The van der Waals surface area contributed by atoms with Crippen LogP contribution in [0.2, 0.25) is 0 Å². The van der Waals surface area contributed by atoms with Gasteiger partial charge in [-0.1, -0.05) is 20.8 Å². The minimum Gasteiger partial charge on any atom is -0.481 e. The lowest BCUT2D eigenvalue weighted by atomic mass is 9.43. The van der Waals surface area contributed by atoms with Crippen molar-refractivity contribution < 1.29 is 24.9 Å². The van der Waals surface area contributed by atoms with Crippen LogP contribution in [0.15, 0.2) is 0 Å². The maximum absolute atomic E-state index is 12.1. The maximum Gasteiger partial charge on any atom is 0.303 e. The second-order valence-electron chi connectivity index (χ2n) is 11.2. The Labute approximate surface area is 174 Å². The Bertz CT molecular complexity index is 676. The van der Waals surface area contributed by atoms with Crippen molar-refractivity contribution in [1.82, 2.24) is 0 Å². The fraction of sp³-hybridized carbons (Fsp3) is 0.917. The molecular formula is C24H38O5. The van der Waals surface area contributed by atoms with Crippen molar-refractivity contribution in [2.24, 2.45) is 46.3 Å². The van der Waals surface area contributed by atoms with Crippen LogP contribution < -0.4 is 0 Å². The van der Waals surface area contributed by atoms with Crippen molar-refractivity contribution in [1.29, 1.82) is 0 Å². The molecule has 0 amide bonds. The molecule has 4 aliphatic carbocycles. The Balaban J connectivity index is 1.61. The number of aliphatic hydroxyl groups is 2. The number of aliphatic carboxylic acids is 1. The number of hydrogen-bond donors (Lipinski definition) is 3. The van der Waals surface area contributed by atoms with Gasteiger partial charge in [0.25, 0.3) is 0 Å². The van der Waals surface area contributed by atoms with Crippen LogP contribution in [0, 0.1) is 46.3 Å². The molecule has 3 N–H and O–H groups in total. The smallest absolute Gasteiger partial charge is 0.303 e. The third-order valence-corrected chi connectivity index (χ3v) is 10.2. The molecule has 4 rings (SSSR count). The Hall–Kier alpha value is -0.940. The summed E-state index contributed by atoms with van der Waals surface area (Å²) in [5, 5.41) is 31.8. The average Bonchev–Trinajstić information content (AvgIpc) is 3.01. The fourth-order valence-corrected chi connectivity index (χ4v) is 8.50. The molecule has 0 heterocycles. The summed E-state index contributed by atoms with van der Waals surface area (Å²) in [6.45, 7) is 6.66. The first-order valence-corrected chi connectivity index (χ1v) is 11.7. The lowest BCUT2D eigenvalue weighted by Crippen LogP contribution is -2.62. The molecule has 0 saturated heterocycles. The van der Waals surface area contributed by atoms with Crippen LogP contribution in [-0.2, 0) is 9.59 Å². The highest BCUT2D eigenvalue weighted by Crippen LogP contribution is 2.68. The van der Waals surface area contributed by atoms with Crippen LogP contribution in [0.1, 0.15) is 78.6 Å². The number of aliphatic hydroxyl groups excluding tert-OH is 2. The highest BCUT2D eigenvalue weighted by atomic mass is 16.4. The summed E-state index contributed by atoms with van der Waals surface area (Å²) in [5.74, 6) is 1.10. The first-order valence-electron chi connectivity index (χ1n) is 11.7. The van der Waals surface area contributed by atoms with Gasteiger partial charge in [-0.3, -0.25) is 9.59 Å². The van der Waals surface area contributed by atoms with Crippen molar-refractivity contribution in [3.05, 3.63) is 0 Å². The molecule has 0 bridgehead atoms. The molecule has 5 unspecified atom stereocenters. The van der Waals surface area contributed by atoms with E-state index in [1.807, 2.05) is 0 Å². The van der Waals surface area contributed by atoms with E-state index < -0.39 is 18.2 Å². The van der Waals surface area contributed by atoms with Gasteiger partial charge in [-0.05, 0) is 84.9 Å². The molecule has 164 valence electrons. The van der Waals surface area contributed by atoms with Gasteiger partial charge in [0.1, 0.15) is 5.78 Å². The topological polar surface area (TPSA) is 94.8 Å². The third-order valence-electron chi connectivity index (χ3n) is 10.2. The van der Waals surface area contributed by atoms with Crippen LogP contribution >= 0.6 is 0 Å². The summed E-state index contributed by atoms with van der Waals surface area (Å²) >= 11 is 0. The normalized spacial score (nSPS) is 50.4. The van der Waals surface area contributed by atoms with Crippen LogP contribution in [0.5, 0.6) is 0 Å². The molecule has 10 atom stereocenters. The minimum absolute atomic E-state index is 0.0348. The highest BCUT2D eigenvalue weighted by molar-refractivity contribution is 5.79. The zero-order chi connectivity index (χ0) is 21.1. The van der Waals surface area contributed by atoms with Crippen molar-refractivity contribution in [3.63, 3.8) is 0 Å². The van der Waals surface area contributed by atoms with Crippen LogP contribution in [-0.4, -0.2) is 39.3 Å². The lowest BCUT2D eigenvalue weighted by molar-refractivity contribution is -0.201. The predicted octanol–water partition coefficient (Wildman–Crippen LogP) is 3.66. The van der Waals surface area contributed by atoms with E-state index in [1.165, 1.54) is 0 Å². The largest absolute Gasteiger partial charge is 0.481 e.